The van der Waals surface area contributed by atoms with Crippen molar-refractivity contribution in [2.24, 2.45) is 5.73 Å². The molecular formula is C11H22N2O3S. The van der Waals surface area contributed by atoms with Gasteiger partial charge in [0.15, 0.2) is 9.84 Å². The average molecular weight is 262 g/mol. The number of nitrogens with two attached hydrogens (primary N) is 1. The third-order valence-corrected chi connectivity index (χ3v) is 5.04. The van der Waals surface area contributed by atoms with Crippen molar-refractivity contribution in [3.8, 4) is 0 Å². The summed E-state index contributed by atoms with van der Waals surface area (Å²) < 4.78 is 23.8. The SMILES string of the molecule is CC(C)(N)CNC(=O)CS(=O)(=O)C1CCCC1. The van der Waals surface area contributed by atoms with Gasteiger partial charge in [-0.3, -0.25) is 4.79 Å². The highest BCUT2D eigenvalue weighted by Crippen LogP contribution is 2.24. The molecule has 3 N–H and O–H groups in total. The lowest BCUT2D eigenvalue weighted by molar-refractivity contribution is -0.118. The first kappa shape index (κ1) is 14.4. The van der Waals surface area contributed by atoms with Crippen molar-refractivity contribution in [2.45, 2.75) is 50.3 Å². The van der Waals surface area contributed by atoms with E-state index in [1.165, 1.54) is 0 Å². The van der Waals surface area contributed by atoms with Gasteiger partial charge in [0.2, 0.25) is 5.91 Å². The van der Waals surface area contributed by atoms with Crippen LogP contribution < -0.4 is 11.1 Å². The summed E-state index contributed by atoms with van der Waals surface area (Å²) in [5.74, 6) is -0.858. The van der Waals surface area contributed by atoms with Crippen LogP contribution >= 0.6 is 0 Å². The van der Waals surface area contributed by atoms with Gasteiger partial charge >= 0.3 is 0 Å². The molecule has 0 aromatic heterocycles. The molecule has 100 valence electrons. The summed E-state index contributed by atoms with van der Waals surface area (Å²) in [5, 5.41) is 2.24. The predicted octanol–water partition coefficient (Wildman–Crippen LogP) is 0.197. The Morgan fingerprint density at radius 2 is 1.88 bits per heavy atom. The third kappa shape index (κ3) is 5.04. The van der Waals surface area contributed by atoms with Crippen LogP contribution in [0.5, 0.6) is 0 Å². The molecule has 17 heavy (non-hydrogen) atoms. The zero-order chi connectivity index (χ0) is 13.1. The minimum absolute atomic E-state index is 0.284. The molecule has 0 saturated heterocycles. The lowest BCUT2D eigenvalue weighted by Crippen LogP contribution is -2.46. The first-order valence-corrected chi connectivity index (χ1v) is 7.69. The number of carbonyl (C=O) groups excluding carboxylic acids is 1. The van der Waals surface area contributed by atoms with Gasteiger partial charge in [0.25, 0.3) is 0 Å². The lowest BCUT2D eigenvalue weighted by Gasteiger charge is -2.19. The summed E-state index contributed by atoms with van der Waals surface area (Å²) in [5.41, 5.74) is 5.18. The zero-order valence-electron chi connectivity index (χ0n) is 10.5. The Labute approximate surface area is 103 Å². The molecular weight excluding hydrogens is 240 g/mol. The maximum Gasteiger partial charge on any atom is 0.235 e. The van der Waals surface area contributed by atoms with Crippen LogP contribution in [0.2, 0.25) is 0 Å². The smallest absolute Gasteiger partial charge is 0.235 e. The molecule has 1 aliphatic carbocycles. The summed E-state index contributed by atoms with van der Waals surface area (Å²) >= 11 is 0. The molecule has 5 nitrogen and oxygen atoms in total. The number of nitrogens with one attached hydrogen (secondary N) is 1. The second-order valence-corrected chi connectivity index (χ2v) is 7.76. The van der Waals surface area contributed by atoms with Gasteiger partial charge in [-0.15, -0.1) is 0 Å². The summed E-state index contributed by atoms with van der Waals surface area (Å²) in [7, 11) is -3.28. The highest BCUT2D eigenvalue weighted by atomic mass is 32.2. The van der Waals surface area contributed by atoms with Crippen LogP contribution in [0.15, 0.2) is 0 Å². The summed E-state index contributed by atoms with van der Waals surface area (Å²) in [6, 6.07) is 0. The van der Waals surface area contributed by atoms with Gasteiger partial charge in [-0.2, -0.15) is 0 Å². The van der Waals surface area contributed by atoms with Crippen LogP contribution in [0.4, 0.5) is 0 Å². The molecule has 0 aromatic rings. The fourth-order valence-electron chi connectivity index (χ4n) is 1.93. The maximum atomic E-state index is 11.9. The van der Waals surface area contributed by atoms with Crippen LogP contribution in [-0.2, 0) is 14.6 Å². The second kappa shape index (κ2) is 5.35. The molecule has 1 amide bonds. The number of rotatable bonds is 5. The fourth-order valence-corrected chi connectivity index (χ4v) is 3.68. The van der Waals surface area contributed by atoms with Crippen molar-refractivity contribution in [1.82, 2.24) is 5.32 Å². The topological polar surface area (TPSA) is 89.3 Å². The van der Waals surface area contributed by atoms with Gasteiger partial charge in [-0.05, 0) is 26.7 Å². The molecule has 0 unspecified atom stereocenters. The number of hydrogen-bond donors (Lipinski definition) is 2. The number of amides is 1. The van der Waals surface area contributed by atoms with E-state index in [2.05, 4.69) is 5.32 Å². The van der Waals surface area contributed by atoms with E-state index in [-0.39, 0.29) is 11.8 Å². The minimum atomic E-state index is -3.28. The highest BCUT2D eigenvalue weighted by Gasteiger charge is 2.30. The van der Waals surface area contributed by atoms with E-state index in [0.29, 0.717) is 12.8 Å². The lowest BCUT2D eigenvalue weighted by atomic mass is 10.1. The highest BCUT2D eigenvalue weighted by molar-refractivity contribution is 7.92. The van der Waals surface area contributed by atoms with Crippen LogP contribution in [0.3, 0.4) is 0 Å². The largest absolute Gasteiger partial charge is 0.353 e. The number of hydrogen-bond acceptors (Lipinski definition) is 4. The van der Waals surface area contributed by atoms with E-state index in [1.54, 1.807) is 13.8 Å². The molecule has 1 rings (SSSR count). The Bertz CT molecular complexity index is 365. The minimum Gasteiger partial charge on any atom is -0.353 e. The number of carbonyl (C=O) groups is 1. The summed E-state index contributed by atoms with van der Waals surface area (Å²) in [6.45, 7) is 3.84. The molecule has 1 fully saturated rings. The van der Waals surface area contributed by atoms with Crippen LogP contribution in [0.25, 0.3) is 0 Å². The fraction of sp³-hybridized carbons (Fsp3) is 0.909. The average Bonchev–Trinajstić information content (AvgIpc) is 2.66. The first-order chi connectivity index (χ1) is 7.71. The first-order valence-electron chi connectivity index (χ1n) is 5.98. The van der Waals surface area contributed by atoms with Gasteiger partial charge in [-0.1, -0.05) is 12.8 Å². The van der Waals surface area contributed by atoms with E-state index >= 15 is 0 Å². The Balaban J connectivity index is 2.45. The van der Waals surface area contributed by atoms with Crippen molar-refractivity contribution in [3.05, 3.63) is 0 Å². The van der Waals surface area contributed by atoms with Crippen LogP contribution in [0.1, 0.15) is 39.5 Å². The van der Waals surface area contributed by atoms with E-state index in [0.717, 1.165) is 12.8 Å². The molecule has 0 atom stereocenters. The second-order valence-electron chi connectivity index (χ2n) is 5.48. The van der Waals surface area contributed by atoms with Crippen LogP contribution in [-0.4, -0.2) is 37.4 Å². The third-order valence-electron chi connectivity index (χ3n) is 2.88. The van der Waals surface area contributed by atoms with E-state index in [4.69, 9.17) is 5.73 Å². The molecule has 1 aliphatic rings. The molecule has 0 spiro atoms. The molecule has 0 bridgehead atoms. The van der Waals surface area contributed by atoms with Crippen molar-refractivity contribution in [1.29, 1.82) is 0 Å². The van der Waals surface area contributed by atoms with Crippen molar-refractivity contribution >= 4 is 15.7 Å². The Hall–Kier alpha value is -0.620. The van der Waals surface area contributed by atoms with E-state index in [9.17, 15) is 13.2 Å². The zero-order valence-corrected chi connectivity index (χ0v) is 11.3. The van der Waals surface area contributed by atoms with Crippen molar-refractivity contribution in [3.63, 3.8) is 0 Å². The van der Waals surface area contributed by atoms with Gasteiger partial charge in [0, 0.05) is 12.1 Å². The van der Waals surface area contributed by atoms with E-state index in [1.807, 2.05) is 0 Å². The standard InChI is InChI=1S/C11H22N2O3S/c1-11(2,12)8-13-10(14)7-17(15,16)9-5-3-4-6-9/h9H,3-8,12H2,1-2H3,(H,13,14). The molecule has 1 saturated carbocycles. The van der Waals surface area contributed by atoms with Crippen molar-refractivity contribution in [2.75, 3.05) is 12.3 Å². The summed E-state index contributed by atoms with van der Waals surface area (Å²) in [4.78, 5) is 11.5. The summed E-state index contributed by atoms with van der Waals surface area (Å²) in [6.07, 6.45) is 3.28. The monoisotopic (exact) mass is 262 g/mol. The van der Waals surface area contributed by atoms with Crippen LogP contribution in [0, 0.1) is 0 Å². The normalized spacial score (nSPS) is 18.3. The maximum absolute atomic E-state index is 11.9. The Morgan fingerprint density at radius 1 is 1.35 bits per heavy atom. The molecule has 0 radical (unpaired) electrons. The van der Waals surface area contributed by atoms with Gasteiger partial charge in [0.05, 0.1) is 5.25 Å². The molecule has 6 heteroatoms. The Morgan fingerprint density at radius 3 is 2.35 bits per heavy atom. The number of sulfone groups is 1. The quantitative estimate of drug-likeness (QED) is 0.740. The molecule has 0 aliphatic heterocycles. The van der Waals surface area contributed by atoms with E-state index < -0.39 is 27.0 Å². The molecule has 0 heterocycles. The molecule has 0 aromatic carbocycles. The van der Waals surface area contributed by atoms with Crippen molar-refractivity contribution < 1.29 is 13.2 Å². The predicted molar refractivity (Wildman–Crippen MR) is 67.3 cm³/mol. The van der Waals surface area contributed by atoms with Gasteiger partial charge < -0.3 is 11.1 Å². The van der Waals surface area contributed by atoms with Gasteiger partial charge in [0.1, 0.15) is 5.75 Å². The Kier molecular flexibility index (Phi) is 4.55. The van der Waals surface area contributed by atoms with Gasteiger partial charge in [-0.25, -0.2) is 8.42 Å².